The molecule has 0 saturated heterocycles. The molecule has 0 bridgehead atoms. The van der Waals surface area contributed by atoms with Crippen LogP contribution >= 0.6 is 11.6 Å². The first-order valence-corrected chi connectivity index (χ1v) is 6.65. The summed E-state index contributed by atoms with van der Waals surface area (Å²) >= 11 is 6.24. The first kappa shape index (κ1) is 12.9. The third-order valence-electron chi connectivity index (χ3n) is 2.96. The van der Waals surface area contributed by atoms with E-state index in [4.69, 9.17) is 11.6 Å². The van der Waals surface area contributed by atoms with E-state index in [1.165, 1.54) is 0 Å². The van der Waals surface area contributed by atoms with Gasteiger partial charge in [-0.25, -0.2) is 15.0 Å². The van der Waals surface area contributed by atoms with Crippen LogP contribution in [0.4, 0.5) is 11.5 Å². The van der Waals surface area contributed by atoms with Crippen LogP contribution < -0.4 is 5.32 Å². The quantitative estimate of drug-likeness (QED) is 0.754. The van der Waals surface area contributed by atoms with Gasteiger partial charge in [0.2, 0.25) is 0 Å². The molecule has 2 heterocycles. The van der Waals surface area contributed by atoms with Crippen molar-refractivity contribution < 1.29 is 0 Å². The fourth-order valence-electron chi connectivity index (χ4n) is 2.06. The van der Waals surface area contributed by atoms with Crippen molar-refractivity contribution in [1.29, 1.82) is 0 Å². The Morgan fingerprint density at radius 1 is 1.10 bits per heavy atom. The minimum absolute atomic E-state index is 0.653. The van der Waals surface area contributed by atoms with Crippen molar-refractivity contribution in [3.63, 3.8) is 0 Å². The molecule has 1 aromatic carbocycles. The lowest BCUT2D eigenvalue weighted by Gasteiger charge is -2.09. The highest BCUT2D eigenvalue weighted by Crippen LogP contribution is 2.28. The van der Waals surface area contributed by atoms with E-state index in [1.54, 1.807) is 0 Å². The van der Waals surface area contributed by atoms with E-state index in [2.05, 4.69) is 25.3 Å². The van der Waals surface area contributed by atoms with Crippen LogP contribution in [0.5, 0.6) is 0 Å². The first-order chi connectivity index (χ1) is 9.52. The van der Waals surface area contributed by atoms with Gasteiger partial charge in [-0.15, -0.1) is 0 Å². The number of rotatable bonds is 2. The molecule has 0 atom stereocenters. The van der Waals surface area contributed by atoms with Gasteiger partial charge in [0, 0.05) is 0 Å². The highest BCUT2D eigenvalue weighted by molar-refractivity contribution is 6.33. The van der Waals surface area contributed by atoms with Crippen LogP contribution in [0.15, 0.2) is 18.2 Å². The molecule has 6 heteroatoms. The number of aromatic amines is 1. The van der Waals surface area contributed by atoms with Crippen LogP contribution in [0, 0.1) is 20.8 Å². The monoisotopic (exact) mass is 287 g/mol. The number of halogens is 1. The first-order valence-electron chi connectivity index (χ1n) is 6.27. The van der Waals surface area contributed by atoms with E-state index in [0.717, 1.165) is 22.6 Å². The lowest BCUT2D eigenvalue weighted by atomic mass is 10.2. The zero-order valence-corrected chi connectivity index (χ0v) is 12.2. The van der Waals surface area contributed by atoms with Crippen molar-refractivity contribution >= 4 is 34.3 Å². The summed E-state index contributed by atoms with van der Waals surface area (Å²) in [4.78, 5) is 16.2. The van der Waals surface area contributed by atoms with Crippen LogP contribution in [0.25, 0.3) is 11.2 Å². The molecule has 0 spiro atoms. The molecule has 20 heavy (non-hydrogen) atoms. The maximum absolute atomic E-state index is 6.24. The largest absolute Gasteiger partial charge is 0.338 e. The number of nitrogens with one attached hydrogen (secondary N) is 2. The van der Waals surface area contributed by atoms with Gasteiger partial charge in [-0.2, -0.15) is 0 Å². The normalized spacial score (nSPS) is 11.0. The number of fused-ring (bicyclic) bond motifs is 1. The Morgan fingerprint density at radius 2 is 1.90 bits per heavy atom. The third-order valence-corrected chi connectivity index (χ3v) is 3.27. The molecule has 0 aliphatic heterocycles. The SMILES string of the molecule is Cc1ccc(Nc2nc(C)nc3nc(C)[nH]c23)c(Cl)c1. The number of aryl methyl sites for hydroxylation is 3. The molecule has 0 fully saturated rings. The van der Waals surface area contributed by atoms with Gasteiger partial charge in [-0.05, 0) is 38.5 Å². The van der Waals surface area contributed by atoms with Gasteiger partial charge in [0.25, 0.3) is 0 Å². The third kappa shape index (κ3) is 2.32. The average molecular weight is 288 g/mol. The number of imidazole rings is 1. The molecule has 0 radical (unpaired) electrons. The maximum Gasteiger partial charge on any atom is 0.183 e. The second kappa shape index (κ2) is 4.76. The van der Waals surface area contributed by atoms with Crippen molar-refractivity contribution in [2.45, 2.75) is 20.8 Å². The molecule has 0 aliphatic rings. The van der Waals surface area contributed by atoms with Crippen LogP contribution in [-0.4, -0.2) is 19.9 Å². The number of hydrogen-bond donors (Lipinski definition) is 2. The van der Waals surface area contributed by atoms with E-state index in [-0.39, 0.29) is 0 Å². The standard InChI is InChI=1S/C14H14ClN5/c1-7-4-5-11(10(15)6-7)20-14-12-13(17-8(2)16-12)18-9(3)19-14/h4-6H,1-3H3,(H2,16,17,18,19,20). The van der Waals surface area contributed by atoms with E-state index in [0.29, 0.717) is 22.3 Å². The topological polar surface area (TPSA) is 66.5 Å². The predicted octanol–water partition coefficient (Wildman–Crippen LogP) is 3.68. The minimum atomic E-state index is 0.653. The second-order valence-electron chi connectivity index (χ2n) is 4.75. The lowest BCUT2D eigenvalue weighted by molar-refractivity contribution is 1.08. The lowest BCUT2D eigenvalue weighted by Crippen LogP contribution is -1.99. The van der Waals surface area contributed by atoms with Gasteiger partial charge in [0.05, 0.1) is 10.7 Å². The van der Waals surface area contributed by atoms with Crippen molar-refractivity contribution in [2.75, 3.05) is 5.32 Å². The van der Waals surface area contributed by atoms with Gasteiger partial charge < -0.3 is 10.3 Å². The van der Waals surface area contributed by atoms with Crippen molar-refractivity contribution in [2.24, 2.45) is 0 Å². The Morgan fingerprint density at radius 3 is 2.65 bits per heavy atom. The summed E-state index contributed by atoms with van der Waals surface area (Å²) in [6.45, 7) is 5.73. The van der Waals surface area contributed by atoms with Crippen molar-refractivity contribution in [3.8, 4) is 0 Å². The molecular formula is C14H14ClN5. The summed E-state index contributed by atoms with van der Waals surface area (Å²) in [6, 6.07) is 5.84. The molecule has 0 amide bonds. The van der Waals surface area contributed by atoms with E-state index < -0.39 is 0 Å². The Hall–Kier alpha value is -2.14. The van der Waals surface area contributed by atoms with E-state index >= 15 is 0 Å². The van der Waals surface area contributed by atoms with E-state index in [9.17, 15) is 0 Å². The minimum Gasteiger partial charge on any atom is -0.338 e. The molecule has 0 aliphatic carbocycles. The van der Waals surface area contributed by atoms with E-state index in [1.807, 2.05) is 39.0 Å². The van der Waals surface area contributed by atoms with Crippen molar-refractivity contribution in [3.05, 3.63) is 40.4 Å². The Labute approximate surface area is 121 Å². The summed E-state index contributed by atoms with van der Waals surface area (Å²) in [5.74, 6) is 2.14. The number of hydrogen-bond acceptors (Lipinski definition) is 4. The fraction of sp³-hybridized carbons (Fsp3) is 0.214. The molecule has 3 aromatic rings. The second-order valence-corrected chi connectivity index (χ2v) is 5.16. The molecule has 3 rings (SSSR count). The highest BCUT2D eigenvalue weighted by Gasteiger charge is 2.11. The predicted molar refractivity (Wildman–Crippen MR) is 80.6 cm³/mol. The zero-order chi connectivity index (χ0) is 14.3. The molecule has 102 valence electrons. The average Bonchev–Trinajstić information content (AvgIpc) is 2.73. The fourth-order valence-corrected chi connectivity index (χ4v) is 2.34. The van der Waals surface area contributed by atoms with Crippen LogP contribution in [-0.2, 0) is 0 Å². The van der Waals surface area contributed by atoms with Crippen LogP contribution in [0.1, 0.15) is 17.2 Å². The van der Waals surface area contributed by atoms with Gasteiger partial charge in [-0.3, -0.25) is 0 Å². The molecule has 0 unspecified atom stereocenters. The number of nitrogens with zero attached hydrogens (tertiary/aromatic N) is 3. The zero-order valence-electron chi connectivity index (χ0n) is 11.5. The van der Waals surface area contributed by atoms with Gasteiger partial charge in [0.1, 0.15) is 17.2 Å². The van der Waals surface area contributed by atoms with Gasteiger partial charge in [0.15, 0.2) is 11.5 Å². The molecule has 2 aromatic heterocycles. The highest BCUT2D eigenvalue weighted by atomic mass is 35.5. The smallest absolute Gasteiger partial charge is 0.183 e. The van der Waals surface area contributed by atoms with Crippen molar-refractivity contribution in [1.82, 2.24) is 19.9 Å². The summed E-state index contributed by atoms with van der Waals surface area (Å²) in [7, 11) is 0. The Kier molecular flexibility index (Phi) is 3.06. The summed E-state index contributed by atoms with van der Waals surface area (Å²) in [5, 5.41) is 3.90. The number of H-pyrrole nitrogens is 1. The molecule has 5 nitrogen and oxygen atoms in total. The number of aromatic nitrogens is 4. The summed E-state index contributed by atoms with van der Waals surface area (Å²) in [6.07, 6.45) is 0. The maximum atomic E-state index is 6.24. The number of benzene rings is 1. The van der Waals surface area contributed by atoms with Crippen LogP contribution in [0.2, 0.25) is 5.02 Å². The van der Waals surface area contributed by atoms with Crippen LogP contribution in [0.3, 0.4) is 0 Å². The molecule has 0 saturated carbocycles. The van der Waals surface area contributed by atoms with Gasteiger partial charge >= 0.3 is 0 Å². The Bertz CT molecular complexity index is 794. The molecule has 2 N–H and O–H groups in total. The summed E-state index contributed by atoms with van der Waals surface area (Å²) in [5.41, 5.74) is 3.36. The molecular weight excluding hydrogens is 274 g/mol. The summed E-state index contributed by atoms with van der Waals surface area (Å²) < 4.78 is 0. The Balaban J connectivity index is 2.10. The van der Waals surface area contributed by atoms with Gasteiger partial charge in [-0.1, -0.05) is 17.7 Å². The number of anilines is 2.